The SMILES string of the molecule is CC(=O)N(c1ccccc1)c1nc(C=CC(=O)NCCc2cccs2)cs1. The van der Waals surface area contributed by atoms with Gasteiger partial charge in [-0.05, 0) is 36.1 Å². The van der Waals surface area contributed by atoms with Crippen molar-refractivity contribution in [3.63, 3.8) is 0 Å². The highest BCUT2D eigenvalue weighted by Crippen LogP contribution is 2.28. The molecule has 0 bridgehead atoms. The fourth-order valence-corrected chi connectivity index (χ4v) is 4.01. The second kappa shape index (κ2) is 9.25. The summed E-state index contributed by atoms with van der Waals surface area (Å²) in [5, 5.41) is 7.28. The standard InChI is InChI=1S/C20H19N3O2S2/c1-15(24)23(17-6-3-2-4-7-17)20-22-16(14-27-20)9-10-19(25)21-12-11-18-8-5-13-26-18/h2-10,13-14H,11-12H2,1H3,(H,21,25). The van der Waals surface area contributed by atoms with Crippen molar-refractivity contribution < 1.29 is 9.59 Å². The van der Waals surface area contributed by atoms with Gasteiger partial charge in [-0.3, -0.25) is 14.5 Å². The van der Waals surface area contributed by atoms with E-state index in [1.54, 1.807) is 22.3 Å². The Balaban J connectivity index is 1.60. The van der Waals surface area contributed by atoms with Crippen molar-refractivity contribution in [1.29, 1.82) is 0 Å². The number of thiophene rings is 1. The molecule has 7 heteroatoms. The minimum absolute atomic E-state index is 0.114. The van der Waals surface area contributed by atoms with E-state index in [1.165, 1.54) is 29.2 Å². The number of amides is 2. The van der Waals surface area contributed by atoms with Gasteiger partial charge in [-0.1, -0.05) is 24.3 Å². The molecule has 138 valence electrons. The highest BCUT2D eigenvalue weighted by molar-refractivity contribution is 7.14. The summed E-state index contributed by atoms with van der Waals surface area (Å²) in [5.41, 5.74) is 1.41. The van der Waals surface area contributed by atoms with Crippen LogP contribution in [0.15, 0.2) is 59.3 Å². The second-order valence-electron chi connectivity index (χ2n) is 5.70. The summed E-state index contributed by atoms with van der Waals surface area (Å²) >= 11 is 3.04. The van der Waals surface area contributed by atoms with Crippen LogP contribution in [0.1, 0.15) is 17.5 Å². The summed E-state index contributed by atoms with van der Waals surface area (Å²) in [7, 11) is 0. The zero-order valence-electron chi connectivity index (χ0n) is 14.8. The van der Waals surface area contributed by atoms with Crippen molar-refractivity contribution in [2.75, 3.05) is 11.4 Å². The van der Waals surface area contributed by atoms with E-state index >= 15 is 0 Å². The van der Waals surface area contributed by atoms with Crippen LogP contribution in [-0.4, -0.2) is 23.3 Å². The minimum Gasteiger partial charge on any atom is -0.352 e. The van der Waals surface area contributed by atoms with Gasteiger partial charge >= 0.3 is 0 Å². The van der Waals surface area contributed by atoms with Crippen LogP contribution >= 0.6 is 22.7 Å². The van der Waals surface area contributed by atoms with Crippen LogP contribution in [0.4, 0.5) is 10.8 Å². The van der Waals surface area contributed by atoms with Gasteiger partial charge in [0.25, 0.3) is 0 Å². The molecule has 0 saturated heterocycles. The van der Waals surface area contributed by atoms with E-state index in [2.05, 4.69) is 16.4 Å². The van der Waals surface area contributed by atoms with Gasteiger partial charge in [0, 0.05) is 29.8 Å². The smallest absolute Gasteiger partial charge is 0.244 e. The molecule has 5 nitrogen and oxygen atoms in total. The number of para-hydroxylation sites is 1. The molecule has 0 saturated carbocycles. The van der Waals surface area contributed by atoms with Crippen molar-refractivity contribution >= 4 is 51.4 Å². The van der Waals surface area contributed by atoms with Crippen LogP contribution < -0.4 is 10.2 Å². The number of rotatable bonds is 7. The first-order valence-electron chi connectivity index (χ1n) is 8.43. The number of carbonyl (C=O) groups excluding carboxylic acids is 2. The molecule has 0 fully saturated rings. The number of carbonyl (C=O) groups is 2. The Morgan fingerprint density at radius 1 is 1.15 bits per heavy atom. The summed E-state index contributed by atoms with van der Waals surface area (Å²) in [6, 6.07) is 13.4. The van der Waals surface area contributed by atoms with Crippen LogP contribution in [0.25, 0.3) is 6.08 Å². The molecule has 0 spiro atoms. The highest BCUT2D eigenvalue weighted by Gasteiger charge is 2.17. The lowest BCUT2D eigenvalue weighted by atomic mass is 10.3. The first-order chi connectivity index (χ1) is 13.1. The van der Waals surface area contributed by atoms with Crippen LogP contribution in [-0.2, 0) is 16.0 Å². The van der Waals surface area contributed by atoms with Crippen LogP contribution in [0.5, 0.6) is 0 Å². The Morgan fingerprint density at radius 3 is 2.67 bits per heavy atom. The first kappa shape index (κ1) is 19.0. The normalized spacial score (nSPS) is 10.9. The largest absolute Gasteiger partial charge is 0.352 e. The quantitative estimate of drug-likeness (QED) is 0.606. The number of nitrogens with one attached hydrogen (secondary N) is 1. The van der Waals surface area contributed by atoms with Gasteiger partial charge in [0.05, 0.1) is 11.4 Å². The zero-order valence-corrected chi connectivity index (χ0v) is 16.4. The summed E-state index contributed by atoms with van der Waals surface area (Å²) in [5.74, 6) is -0.273. The highest BCUT2D eigenvalue weighted by atomic mass is 32.1. The Labute approximate surface area is 166 Å². The third-order valence-electron chi connectivity index (χ3n) is 3.69. The van der Waals surface area contributed by atoms with Gasteiger partial charge in [-0.15, -0.1) is 22.7 Å². The zero-order chi connectivity index (χ0) is 19.1. The van der Waals surface area contributed by atoms with Crippen molar-refractivity contribution in [2.45, 2.75) is 13.3 Å². The number of anilines is 2. The molecule has 0 unspecified atom stereocenters. The van der Waals surface area contributed by atoms with E-state index in [9.17, 15) is 9.59 Å². The van der Waals surface area contributed by atoms with Crippen molar-refractivity contribution in [3.8, 4) is 0 Å². The summed E-state index contributed by atoms with van der Waals surface area (Å²) in [6.07, 6.45) is 3.94. The van der Waals surface area contributed by atoms with Gasteiger partial charge in [-0.25, -0.2) is 4.98 Å². The number of thiazole rings is 1. The molecule has 0 aliphatic heterocycles. The van der Waals surface area contributed by atoms with Crippen LogP contribution in [0, 0.1) is 0 Å². The first-order valence-corrected chi connectivity index (χ1v) is 10.2. The maximum Gasteiger partial charge on any atom is 0.244 e. The van der Waals surface area contributed by atoms with Crippen LogP contribution in [0.2, 0.25) is 0 Å². The summed E-state index contributed by atoms with van der Waals surface area (Å²) in [4.78, 5) is 31.2. The van der Waals surface area contributed by atoms with E-state index < -0.39 is 0 Å². The maximum atomic E-state index is 12.0. The van der Waals surface area contributed by atoms with Crippen LogP contribution in [0.3, 0.4) is 0 Å². The predicted octanol–water partition coefficient (Wildman–Crippen LogP) is 4.26. The molecule has 2 heterocycles. The Kier molecular flexibility index (Phi) is 6.51. The molecule has 27 heavy (non-hydrogen) atoms. The number of aromatic nitrogens is 1. The summed E-state index contributed by atoms with van der Waals surface area (Å²) < 4.78 is 0. The Morgan fingerprint density at radius 2 is 1.96 bits per heavy atom. The molecule has 0 radical (unpaired) electrons. The third kappa shape index (κ3) is 5.35. The number of benzene rings is 1. The average Bonchev–Trinajstić information content (AvgIpc) is 3.33. The molecule has 0 aliphatic carbocycles. The number of hydrogen-bond donors (Lipinski definition) is 1. The van der Waals surface area contributed by atoms with E-state index in [4.69, 9.17) is 0 Å². The molecule has 1 N–H and O–H groups in total. The molecule has 3 aromatic rings. The van der Waals surface area contributed by atoms with Crippen molar-refractivity contribution in [1.82, 2.24) is 10.3 Å². The lowest BCUT2D eigenvalue weighted by molar-refractivity contribution is -0.117. The van der Waals surface area contributed by atoms with E-state index in [-0.39, 0.29) is 11.8 Å². The number of hydrogen-bond acceptors (Lipinski definition) is 5. The van der Waals surface area contributed by atoms with Gasteiger partial charge in [0.1, 0.15) is 0 Å². The maximum absolute atomic E-state index is 12.0. The second-order valence-corrected chi connectivity index (χ2v) is 7.57. The van der Waals surface area contributed by atoms with E-state index in [1.807, 2.05) is 47.2 Å². The van der Waals surface area contributed by atoms with E-state index in [0.717, 1.165) is 12.1 Å². The molecule has 2 amide bonds. The molecule has 0 aliphatic rings. The molecule has 2 aromatic heterocycles. The predicted molar refractivity (Wildman–Crippen MR) is 111 cm³/mol. The summed E-state index contributed by atoms with van der Waals surface area (Å²) in [6.45, 7) is 2.10. The third-order valence-corrected chi connectivity index (χ3v) is 5.47. The topological polar surface area (TPSA) is 62.3 Å². The molecular formula is C20H19N3O2S2. The molecule has 1 aromatic carbocycles. The van der Waals surface area contributed by atoms with Crippen molar-refractivity contribution in [2.24, 2.45) is 0 Å². The van der Waals surface area contributed by atoms with Gasteiger partial charge in [-0.2, -0.15) is 0 Å². The lowest BCUT2D eigenvalue weighted by Crippen LogP contribution is -2.23. The fourth-order valence-electron chi connectivity index (χ4n) is 2.44. The van der Waals surface area contributed by atoms with Gasteiger partial charge in [0.15, 0.2) is 5.13 Å². The molecule has 3 rings (SSSR count). The molecule has 0 atom stereocenters. The minimum atomic E-state index is -0.160. The van der Waals surface area contributed by atoms with E-state index in [0.29, 0.717) is 17.4 Å². The monoisotopic (exact) mass is 397 g/mol. The lowest BCUT2D eigenvalue weighted by Gasteiger charge is -2.17. The Hall–Kier alpha value is -2.77. The van der Waals surface area contributed by atoms with Crippen molar-refractivity contribution in [3.05, 3.63) is 69.9 Å². The number of nitrogens with zero attached hydrogens (tertiary/aromatic N) is 2. The molecular weight excluding hydrogens is 378 g/mol. The van der Waals surface area contributed by atoms with Gasteiger partial charge < -0.3 is 5.32 Å². The Bertz CT molecular complexity index is 918. The average molecular weight is 398 g/mol. The van der Waals surface area contributed by atoms with Gasteiger partial charge in [0.2, 0.25) is 11.8 Å². The fraction of sp³-hybridized carbons (Fsp3) is 0.150.